The third-order valence-corrected chi connectivity index (χ3v) is 5.54. The predicted molar refractivity (Wildman–Crippen MR) is 94.4 cm³/mol. The van der Waals surface area contributed by atoms with Crippen LogP contribution in [0.4, 0.5) is 5.69 Å². The number of carbonyl (C=O) groups is 2. The summed E-state index contributed by atoms with van der Waals surface area (Å²) < 4.78 is 5.33. The largest absolute Gasteiger partial charge is 0.379 e. The van der Waals surface area contributed by atoms with E-state index >= 15 is 0 Å². The van der Waals surface area contributed by atoms with E-state index in [4.69, 9.17) is 4.74 Å². The van der Waals surface area contributed by atoms with E-state index in [0.717, 1.165) is 45.0 Å². The van der Waals surface area contributed by atoms with Crippen molar-refractivity contribution in [1.29, 1.82) is 0 Å². The van der Waals surface area contributed by atoms with Crippen LogP contribution < -0.4 is 10.2 Å². The molecule has 1 aromatic carbocycles. The molecular weight excluding hydrogens is 318 g/mol. The van der Waals surface area contributed by atoms with E-state index in [2.05, 4.69) is 16.3 Å². The van der Waals surface area contributed by atoms with Crippen LogP contribution in [0.3, 0.4) is 0 Å². The summed E-state index contributed by atoms with van der Waals surface area (Å²) in [5.41, 5.74) is 1.34. The van der Waals surface area contributed by atoms with Gasteiger partial charge in [-0.15, -0.1) is 0 Å². The second-order valence-corrected chi connectivity index (χ2v) is 7.13. The lowest BCUT2D eigenvalue weighted by Crippen LogP contribution is -2.47. The number of hydrogen-bond donors (Lipinski definition) is 1. The number of anilines is 1. The van der Waals surface area contributed by atoms with Crippen LogP contribution in [0.2, 0.25) is 0 Å². The van der Waals surface area contributed by atoms with Crippen molar-refractivity contribution >= 4 is 17.5 Å². The van der Waals surface area contributed by atoms with Crippen LogP contribution in [-0.4, -0.2) is 62.7 Å². The number of amides is 2. The quantitative estimate of drug-likeness (QED) is 0.804. The summed E-state index contributed by atoms with van der Waals surface area (Å²) in [6, 6.07) is 7.99. The lowest BCUT2D eigenvalue weighted by molar-refractivity contribution is -0.135. The number of hydrogen-bond acceptors (Lipinski definition) is 4. The van der Waals surface area contributed by atoms with Gasteiger partial charge in [0, 0.05) is 38.4 Å². The molecule has 0 unspecified atom stereocenters. The number of nitrogens with zero attached hydrogens (tertiary/aromatic N) is 2. The topological polar surface area (TPSA) is 61.9 Å². The molecule has 1 N–H and O–H groups in total. The zero-order chi connectivity index (χ0) is 17.3. The monoisotopic (exact) mass is 343 g/mol. The molecule has 0 atom stereocenters. The summed E-state index contributed by atoms with van der Waals surface area (Å²) in [6.07, 6.45) is 2.19. The van der Waals surface area contributed by atoms with Gasteiger partial charge in [-0.25, -0.2) is 0 Å². The first kappa shape index (κ1) is 16.5. The highest BCUT2D eigenvalue weighted by Crippen LogP contribution is 2.49. The predicted octanol–water partition coefficient (Wildman–Crippen LogP) is 0.804. The molecule has 1 saturated heterocycles. The molecule has 2 heterocycles. The van der Waals surface area contributed by atoms with Crippen molar-refractivity contribution in [2.45, 2.75) is 19.3 Å². The number of benzene rings is 1. The molecule has 25 heavy (non-hydrogen) atoms. The van der Waals surface area contributed by atoms with Gasteiger partial charge in [-0.1, -0.05) is 18.2 Å². The van der Waals surface area contributed by atoms with Crippen LogP contribution in [0.25, 0.3) is 0 Å². The van der Waals surface area contributed by atoms with E-state index < -0.39 is 5.41 Å². The molecule has 6 heteroatoms. The normalized spacial score (nSPS) is 21.7. The van der Waals surface area contributed by atoms with Crippen LogP contribution in [-0.2, 0) is 20.7 Å². The average Bonchev–Trinajstić information content (AvgIpc) is 3.36. The van der Waals surface area contributed by atoms with Gasteiger partial charge in [0.25, 0.3) is 0 Å². The van der Waals surface area contributed by atoms with Crippen LogP contribution in [0.1, 0.15) is 18.4 Å². The van der Waals surface area contributed by atoms with Crippen molar-refractivity contribution in [2.24, 2.45) is 5.41 Å². The summed E-state index contributed by atoms with van der Waals surface area (Å²) in [5.74, 6) is -0.128. The van der Waals surface area contributed by atoms with Crippen molar-refractivity contribution in [2.75, 3.05) is 50.8 Å². The maximum Gasteiger partial charge on any atom is 0.242 e. The summed E-state index contributed by atoms with van der Waals surface area (Å²) in [7, 11) is 0. The first-order valence-corrected chi connectivity index (χ1v) is 9.19. The number of rotatable bonds is 5. The SMILES string of the molecule is O=C(NCCN1CCOCC1)C1(C(=O)N2CCc3ccccc32)CC1. The summed E-state index contributed by atoms with van der Waals surface area (Å²) in [4.78, 5) is 29.8. The smallest absolute Gasteiger partial charge is 0.242 e. The zero-order valence-electron chi connectivity index (χ0n) is 14.5. The van der Waals surface area contributed by atoms with Gasteiger partial charge in [-0.05, 0) is 30.9 Å². The van der Waals surface area contributed by atoms with Crippen molar-refractivity contribution in [3.05, 3.63) is 29.8 Å². The van der Waals surface area contributed by atoms with E-state index in [1.807, 2.05) is 23.1 Å². The van der Waals surface area contributed by atoms with E-state index in [1.54, 1.807) is 0 Å². The molecule has 2 amide bonds. The van der Waals surface area contributed by atoms with Crippen molar-refractivity contribution in [3.63, 3.8) is 0 Å². The highest BCUT2D eigenvalue weighted by molar-refractivity contribution is 6.14. The summed E-state index contributed by atoms with van der Waals surface area (Å²) in [5, 5.41) is 2.99. The molecule has 2 fully saturated rings. The Labute approximate surface area is 148 Å². The molecule has 0 radical (unpaired) electrons. The lowest BCUT2D eigenvalue weighted by atomic mass is 10.0. The Kier molecular flexibility index (Phi) is 4.48. The van der Waals surface area contributed by atoms with Gasteiger partial charge in [0.05, 0.1) is 13.2 Å². The van der Waals surface area contributed by atoms with Crippen LogP contribution in [0.15, 0.2) is 24.3 Å². The molecule has 0 aromatic heterocycles. The lowest BCUT2D eigenvalue weighted by Gasteiger charge is -2.27. The molecule has 1 aliphatic carbocycles. The maximum absolute atomic E-state index is 13.0. The first-order chi connectivity index (χ1) is 12.2. The molecule has 134 valence electrons. The third kappa shape index (κ3) is 3.16. The Hall–Kier alpha value is -1.92. The number of fused-ring (bicyclic) bond motifs is 1. The molecule has 1 saturated carbocycles. The van der Waals surface area contributed by atoms with Gasteiger partial charge in [-0.2, -0.15) is 0 Å². The summed E-state index contributed by atoms with van der Waals surface area (Å²) >= 11 is 0. The number of ether oxygens (including phenoxy) is 1. The van der Waals surface area contributed by atoms with Crippen molar-refractivity contribution in [3.8, 4) is 0 Å². The molecule has 0 spiro atoms. The second kappa shape index (κ2) is 6.77. The Morgan fingerprint density at radius 1 is 1.12 bits per heavy atom. The highest BCUT2D eigenvalue weighted by Gasteiger charge is 2.58. The van der Waals surface area contributed by atoms with Crippen molar-refractivity contribution in [1.82, 2.24) is 10.2 Å². The summed E-state index contributed by atoms with van der Waals surface area (Å²) in [6.45, 7) is 5.40. The number of para-hydroxylation sites is 1. The number of nitrogens with one attached hydrogen (secondary N) is 1. The number of carbonyl (C=O) groups excluding carboxylic acids is 2. The van der Waals surface area contributed by atoms with Crippen LogP contribution >= 0.6 is 0 Å². The zero-order valence-corrected chi connectivity index (χ0v) is 14.5. The minimum atomic E-state index is -0.831. The fourth-order valence-electron chi connectivity index (χ4n) is 3.79. The van der Waals surface area contributed by atoms with E-state index in [9.17, 15) is 9.59 Å². The molecule has 2 aliphatic heterocycles. The molecule has 3 aliphatic rings. The Morgan fingerprint density at radius 2 is 1.88 bits per heavy atom. The van der Waals surface area contributed by atoms with Crippen molar-refractivity contribution < 1.29 is 14.3 Å². The molecule has 4 rings (SSSR count). The van der Waals surface area contributed by atoms with Gasteiger partial charge < -0.3 is 15.0 Å². The van der Waals surface area contributed by atoms with E-state index in [-0.39, 0.29) is 11.8 Å². The average molecular weight is 343 g/mol. The Morgan fingerprint density at radius 3 is 2.64 bits per heavy atom. The molecule has 0 bridgehead atoms. The molecule has 6 nitrogen and oxygen atoms in total. The van der Waals surface area contributed by atoms with Gasteiger partial charge in [-0.3, -0.25) is 14.5 Å². The van der Waals surface area contributed by atoms with Crippen LogP contribution in [0, 0.1) is 5.41 Å². The Balaban J connectivity index is 1.35. The Bertz CT molecular complexity index is 666. The van der Waals surface area contributed by atoms with Gasteiger partial charge >= 0.3 is 0 Å². The standard InChI is InChI=1S/C19H25N3O3/c23-17(20-8-10-21-11-13-25-14-12-21)19(6-7-19)18(24)22-9-5-15-3-1-2-4-16(15)22/h1-4H,5-14H2,(H,20,23). The molecule has 1 aromatic rings. The third-order valence-electron chi connectivity index (χ3n) is 5.54. The fraction of sp³-hybridized carbons (Fsp3) is 0.579. The van der Waals surface area contributed by atoms with E-state index in [0.29, 0.717) is 25.9 Å². The maximum atomic E-state index is 13.0. The van der Waals surface area contributed by atoms with Gasteiger partial charge in [0.2, 0.25) is 11.8 Å². The van der Waals surface area contributed by atoms with Gasteiger partial charge in [0.15, 0.2) is 0 Å². The number of morpholine rings is 1. The van der Waals surface area contributed by atoms with Gasteiger partial charge in [0.1, 0.15) is 5.41 Å². The second-order valence-electron chi connectivity index (χ2n) is 7.13. The van der Waals surface area contributed by atoms with Crippen LogP contribution in [0.5, 0.6) is 0 Å². The van der Waals surface area contributed by atoms with E-state index in [1.165, 1.54) is 5.56 Å². The molecular formula is C19H25N3O3. The highest BCUT2D eigenvalue weighted by atomic mass is 16.5. The minimum Gasteiger partial charge on any atom is -0.379 e. The fourth-order valence-corrected chi connectivity index (χ4v) is 3.79. The minimum absolute atomic E-state index is 0.0266. The first-order valence-electron chi connectivity index (χ1n) is 9.19.